The summed E-state index contributed by atoms with van der Waals surface area (Å²) in [5.74, 6) is 0.237. The Morgan fingerprint density at radius 2 is 1.94 bits per heavy atom. The molecule has 0 atom stereocenters. The lowest BCUT2D eigenvalue weighted by Crippen LogP contribution is -2.47. The number of anilines is 1. The molecule has 0 radical (unpaired) electrons. The Bertz CT molecular complexity index is 1120. The molecule has 0 unspecified atom stereocenters. The van der Waals surface area contributed by atoms with Crippen LogP contribution in [-0.4, -0.2) is 70.6 Å². The number of carbonyl (C=O) groups excluding carboxylic acids is 2. The Labute approximate surface area is 200 Å². The second-order valence-corrected chi connectivity index (χ2v) is 9.04. The van der Waals surface area contributed by atoms with E-state index < -0.39 is 5.91 Å². The molecule has 174 valence electrons. The van der Waals surface area contributed by atoms with Crippen LogP contribution in [0.4, 0.5) is 5.95 Å². The number of hydrogen-bond acceptors (Lipinski definition) is 6. The molecule has 4 rings (SSSR count). The van der Waals surface area contributed by atoms with E-state index in [1.165, 1.54) is 0 Å². The van der Waals surface area contributed by atoms with Crippen LogP contribution in [-0.2, 0) is 16.1 Å². The highest BCUT2D eigenvalue weighted by atomic mass is 79.9. The van der Waals surface area contributed by atoms with E-state index in [0.717, 1.165) is 47.3 Å². The molecule has 0 aliphatic carbocycles. The van der Waals surface area contributed by atoms with Crippen LogP contribution in [0.2, 0.25) is 0 Å². The fourth-order valence-corrected chi connectivity index (χ4v) is 4.29. The molecular formula is C23H27BrN6O3. The van der Waals surface area contributed by atoms with Crippen LogP contribution < -0.4 is 10.6 Å². The Morgan fingerprint density at radius 3 is 2.64 bits per heavy atom. The first-order valence-corrected chi connectivity index (χ1v) is 11.7. The van der Waals surface area contributed by atoms with Crippen LogP contribution in [0.25, 0.3) is 10.9 Å². The average molecular weight is 515 g/mol. The zero-order valence-corrected chi connectivity index (χ0v) is 20.1. The lowest BCUT2D eigenvalue weighted by atomic mass is 10.0. The average Bonchev–Trinajstić information content (AvgIpc) is 3.24. The summed E-state index contributed by atoms with van der Waals surface area (Å²) in [6, 6.07) is 7.52. The van der Waals surface area contributed by atoms with E-state index in [4.69, 9.17) is 10.5 Å². The Morgan fingerprint density at radius 1 is 1.21 bits per heavy atom. The first-order valence-electron chi connectivity index (χ1n) is 10.9. The van der Waals surface area contributed by atoms with E-state index in [-0.39, 0.29) is 18.6 Å². The van der Waals surface area contributed by atoms with Crippen molar-refractivity contribution in [1.29, 1.82) is 0 Å². The van der Waals surface area contributed by atoms with Gasteiger partial charge in [0.05, 0.1) is 11.1 Å². The van der Waals surface area contributed by atoms with Gasteiger partial charge in [-0.25, -0.2) is 9.97 Å². The van der Waals surface area contributed by atoms with Gasteiger partial charge in [-0.2, -0.15) is 0 Å². The van der Waals surface area contributed by atoms with Crippen molar-refractivity contribution in [2.45, 2.75) is 25.4 Å². The topological polar surface area (TPSA) is 107 Å². The number of carbonyl (C=O) groups is 2. The van der Waals surface area contributed by atoms with Crippen molar-refractivity contribution in [3.05, 3.63) is 52.9 Å². The molecule has 2 aromatic heterocycles. The maximum Gasteiger partial charge on any atom is 0.248 e. The summed E-state index contributed by atoms with van der Waals surface area (Å²) < 4.78 is 8.52. The van der Waals surface area contributed by atoms with Gasteiger partial charge in [-0.15, -0.1) is 0 Å². The van der Waals surface area contributed by atoms with E-state index in [9.17, 15) is 9.59 Å². The number of amides is 2. The van der Waals surface area contributed by atoms with Gasteiger partial charge >= 0.3 is 0 Å². The number of aromatic nitrogens is 3. The monoisotopic (exact) mass is 514 g/mol. The highest BCUT2D eigenvalue weighted by molar-refractivity contribution is 9.10. The third kappa shape index (κ3) is 5.51. The molecule has 0 spiro atoms. The molecule has 1 fully saturated rings. The van der Waals surface area contributed by atoms with Crippen molar-refractivity contribution in [1.82, 2.24) is 19.4 Å². The minimum Gasteiger partial charge on any atom is -0.370 e. The highest BCUT2D eigenvalue weighted by Crippen LogP contribution is 2.20. The van der Waals surface area contributed by atoms with Crippen LogP contribution in [0, 0.1) is 0 Å². The molecule has 9 nitrogen and oxygen atoms in total. The van der Waals surface area contributed by atoms with E-state index >= 15 is 0 Å². The van der Waals surface area contributed by atoms with Crippen LogP contribution in [0.1, 0.15) is 23.2 Å². The summed E-state index contributed by atoms with van der Waals surface area (Å²) in [7, 11) is 1.84. The Balaban J connectivity index is 1.22. The van der Waals surface area contributed by atoms with Gasteiger partial charge in [0.1, 0.15) is 6.61 Å². The highest BCUT2D eigenvalue weighted by Gasteiger charge is 2.26. The third-order valence-electron chi connectivity index (χ3n) is 6.06. The van der Waals surface area contributed by atoms with E-state index in [0.29, 0.717) is 18.7 Å². The van der Waals surface area contributed by atoms with E-state index in [2.05, 4.69) is 30.8 Å². The lowest BCUT2D eigenvalue weighted by molar-refractivity contribution is -0.137. The summed E-state index contributed by atoms with van der Waals surface area (Å²) in [5.41, 5.74) is 6.77. The van der Waals surface area contributed by atoms with Crippen LogP contribution in [0.3, 0.4) is 0 Å². The summed E-state index contributed by atoms with van der Waals surface area (Å²) >= 11 is 3.35. The number of hydrogen-bond donors (Lipinski definition) is 1. The standard InChI is InChI=1S/C23H27BrN6O3/c1-28(19-5-8-30(9-6-19)23-26-13-18(24)14-27-23)21(31)15-33-11-10-29-7-4-16-2-3-17(22(25)32)12-20(16)29/h2-4,7,12-14,19H,5-6,8-11,15H2,1H3,(H2,25,32). The fraction of sp³-hybridized carbons (Fsp3) is 0.391. The van der Waals surface area contributed by atoms with Crippen LogP contribution in [0.5, 0.6) is 0 Å². The van der Waals surface area contributed by atoms with Crippen LogP contribution in [0.15, 0.2) is 47.3 Å². The minimum atomic E-state index is -0.454. The van der Waals surface area contributed by atoms with Gasteiger partial charge in [0.2, 0.25) is 17.8 Å². The van der Waals surface area contributed by atoms with Gasteiger partial charge in [-0.3, -0.25) is 9.59 Å². The number of primary amides is 1. The maximum atomic E-state index is 12.6. The molecule has 2 amide bonds. The number of benzene rings is 1. The number of nitrogens with zero attached hydrogens (tertiary/aromatic N) is 5. The largest absolute Gasteiger partial charge is 0.370 e. The number of fused-ring (bicyclic) bond motifs is 1. The SMILES string of the molecule is CN(C(=O)COCCn1ccc2ccc(C(N)=O)cc21)C1CCN(c2ncc(Br)cn2)CC1. The number of piperidine rings is 1. The molecule has 3 aromatic rings. The number of likely N-dealkylation sites (N-methyl/N-ethyl adjacent to an activating group) is 1. The molecule has 2 N–H and O–H groups in total. The van der Waals surface area contributed by atoms with Gasteiger partial charge in [0.25, 0.3) is 0 Å². The summed E-state index contributed by atoms with van der Waals surface area (Å²) in [6.45, 7) is 2.62. The van der Waals surface area contributed by atoms with Crippen molar-refractivity contribution in [2.75, 3.05) is 38.3 Å². The van der Waals surface area contributed by atoms with Crippen molar-refractivity contribution < 1.29 is 14.3 Å². The first-order chi connectivity index (χ1) is 15.9. The maximum absolute atomic E-state index is 12.6. The van der Waals surface area contributed by atoms with E-state index in [1.807, 2.05) is 29.9 Å². The van der Waals surface area contributed by atoms with Crippen LogP contribution >= 0.6 is 15.9 Å². The number of ether oxygens (including phenoxy) is 1. The normalized spacial score (nSPS) is 14.5. The molecule has 0 saturated carbocycles. The van der Waals surface area contributed by atoms with E-state index in [1.54, 1.807) is 29.4 Å². The second kappa shape index (κ2) is 10.3. The Hall–Kier alpha value is -2.98. The molecule has 1 aromatic carbocycles. The molecule has 1 aliphatic rings. The Kier molecular flexibility index (Phi) is 7.24. The fourth-order valence-electron chi connectivity index (χ4n) is 4.08. The quantitative estimate of drug-likeness (QED) is 0.462. The predicted octanol–water partition coefficient (Wildman–Crippen LogP) is 2.44. The molecule has 1 aliphatic heterocycles. The molecule has 1 saturated heterocycles. The molecule has 0 bridgehead atoms. The van der Waals surface area contributed by atoms with Gasteiger partial charge in [0.15, 0.2) is 0 Å². The van der Waals surface area contributed by atoms with Crippen molar-refractivity contribution in [3.63, 3.8) is 0 Å². The zero-order chi connectivity index (χ0) is 23.4. The van der Waals surface area contributed by atoms with Gasteiger partial charge in [-0.1, -0.05) is 6.07 Å². The second-order valence-electron chi connectivity index (χ2n) is 8.12. The number of nitrogens with two attached hydrogens (primary N) is 1. The summed E-state index contributed by atoms with van der Waals surface area (Å²) in [4.78, 5) is 36.7. The predicted molar refractivity (Wildman–Crippen MR) is 129 cm³/mol. The summed E-state index contributed by atoms with van der Waals surface area (Å²) in [6.07, 6.45) is 7.15. The minimum absolute atomic E-state index is 0.0262. The molecular weight excluding hydrogens is 488 g/mol. The van der Waals surface area contributed by atoms with Gasteiger partial charge in [0, 0.05) is 62.4 Å². The van der Waals surface area contributed by atoms with Crippen molar-refractivity contribution in [3.8, 4) is 0 Å². The molecule has 33 heavy (non-hydrogen) atoms. The smallest absolute Gasteiger partial charge is 0.248 e. The number of halogens is 1. The van der Waals surface area contributed by atoms with Crippen molar-refractivity contribution >= 4 is 44.6 Å². The van der Waals surface area contributed by atoms with Gasteiger partial charge in [-0.05, 0) is 52.4 Å². The molecule has 10 heteroatoms. The third-order valence-corrected chi connectivity index (χ3v) is 6.47. The molecule has 3 heterocycles. The van der Waals surface area contributed by atoms with Crippen molar-refractivity contribution in [2.24, 2.45) is 5.73 Å². The first kappa shape index (κ1) is 23.2. The summed E-state index contributed by atoms with van der Waals surface area (Å²) in [5, 5.41) is 1.02. The van der Waals surface area contributed by atoms with Gasteiger partial charge < -0.3 is 24.8 Å². The number of rotatable bonds is 8. The lowest BCUT2D eigenvalue weighted by Gasteiger charge is -2.36. The zero-order valence-electron chi connectivity index (χ0n) is 18.5.